The first-order valence-corrected chi connectivity index (χ1v) is 6.55. The van der Waals surface area contributed by atoms with Gasteiger partial charge in [0.15, 0.2) is 0 Å². The lowest BCUT2D eigenvalue weighted by atomic mass is 9.74. The van der Waals surface area contributed by atoms with Crippen LogP contribution in [0.3, 0.4) is 0 Å². The monoisotopic (exact) mass is 234 g/mol. The second kappa shape index (κ2) is 5.09. The predicted octanol–water partition coefficient (Wildman–Crippen LogP) is 3.48. The van der Waals surface area contributed by atoms with E-state index in [-0.39, 0.29) is 0 Å². The van der Waals surface area contributed by atoms with Gasteiger partial charge in [-0.3, -0.25) is 0 Å². The molecule has 0 amide bonds. The standard InChI is InChI=1S/C15H22O2/c1-3-12-8-10-15(16,11-9-12)13-6-4-5-7-14(13)17-2/h4-7,12,16H,3,8-11H2,1-2H3. The zero-order valence-electron chi connectivity index (χ0n) is 10.8. The topological polar surface area (TPSA) is 29.5 Å². The van der Waals surface area contributed by atoms with Gasteiger partial charge in [-0.2, -0.15) is 0 Å². The van der Waals surface area contributed by atoms with E-state index < -0.39 is 5.60 Å². The van der Waals surface area contributed by atoms with E-state index in [4.69, 9.17) is 4.74 Å². The van der Waals surface area contributed by atoms with Gasteiger partial charge in [0.25, 0.3) is 0 Å². The fraction of sp³-hybridized carbons (Fsp3) is 0.600. The predicted molar refractivity (Wildman–Crippen MR) is 69.1 cm³/mol. The molecule has 0 heterocycles. The van der Waals surface area contributed by atoms with E-state index in [9.17, 15) is 5.11 Å². The summed E-state index contributed by atoms with van der Waals surface area (Å²) >= 11 is 0. The van der Waals surface area contributed by atoms with Gasteiger partial charge in [-0.25, -0.2) is 0 Å². The summed E-state index contributed by atoms with van der Waals surface area (Å²) in [5.41, 5.74) is 0.273. The highest BCUT2D eigenvalue weighted by molar-refractivity contribution is 5.38. The number of benzene rings is 1. The van der Waals surface area contributed by atoms with Gasteiger partial charge in [-0.1, -0.05) is 31.5 Å². The number of para-hydroxylation sites is 1. The molecule has 1 fully saturated rings. The fourth-order valence-corrected chi connectivity index (χ4v) is 2.86. The molecule has 0 aromatic heterocycles. The van der Waals surface area contributed by atoms with Crippen LogP contribution in [0.15, 0.2) is 24.3 Å². The summed E-state index contributed by atoms with van der Waals surface area (Å²) in [5, 5.41) is 10.8. The Morgan fingerprint density at radius 1 is 1.29 bits per heavy atom. The van der Waals surface area contributed by atoms with E-state index in [1.807, 2.05) is 24.3 Å². The smallest absolute Gasteiger partial charge is 0.124 e. The first-order valence-electron chi connectivity index (χ1n) is 6.55. The summed E-state index contributed by atoms with van der Waals surface area (Å²) in [5.74, 6) is 1.59. The Balaban J connectivity index is 2.21. The summed E-state index contributed by atoms with van der Waals surface area (Å²) in [6, 6.07) is 7.84. The van der Waals surface area contributed by atoms with Crippen LogP contribution >= 0.6 is 0 Å². The fourth-order valence-electron chi connectivity index (χ4n) is 2.86. The van der Waals surface area contributed by atoms with Crippen LogP contribution in [0, 0.1) is 5.92 Å². The maximum atomic E-state index is 10.8. The number of hydrogen-bond acceptors (Lipinski definition) is 2. The summed E-state index contributed by atoms with van der Waals surface area (Å²) in [6.07, 6.45) is 5.16. The molecular formula is C15H22O2. The summed E-state index contributed by atoms with van der Waals surface area (Å²) < 4.78 is 5.36. The zero-order chi connectivity index (χ0) is 12.3. The molecule has 94 valence electrons. The highest BCUT2D eigenvalue weighted by Gasteiger charge is 2.36. The van der Waals surface area contributed by atoms with Crippen molar-refractivity contribution in [2.45, 2.75) is 44.6 Å². The number of methoxy groups -OCH3 is 1. The van der Waals surface area contributed by atoms with Gasteiger partial charge in [0.2, 0.25) is 0 Å². The molecule has 1 aromatic carbocycles. The van der Waals surface area contributed by atoms with E-state index in [1.165, 1.54) is 6.42 Å². The van der Waals surface area contributed by atoms with Crippen molar-refractivity contribution in [3.8, 4) is 5.75 Å². The highest BCUT2D eigenvalue weighted by Crippen LogP contribution is 2.43. The molecule has 1 N–H and O–H groups in total. The molecule has 2 rings (SSSR count). The quantitative estimate of drug-likeness (QED) is 0.867. The van der Waals surface area contributed by atoms with Gasteiger partial charge in [-0.15, -0.1) is 0 Å². The Kier molecular flexibility index (Phi) is 3.72. The van der Waals surface area contributed by atoms with Crippen molar-refractivity contribution in [2.24, 2.45) is 5.92 Å². The van der Waals surface area contributed by atoms with Gasteiger partial charge in [0.05, 0.1) is 12.7 Å². The van der Waals surface area contributed by atoms with Crippen LogP contribution in [0.5, 0.6) is 5.75 Å². The van der Waals surface area contributed by atoms with Gasteiger partial charge in [0, 0.05) is 5.56 Å². The van der Waals surface area contributed by atoms with Crippen LogP contribution in [-0.4, -0.2) is 12.2 Å². The van der Waals surface area contributed by atoms with Crippen molar-refractivity contribution in [3.05, 3.63) is 29.8 Å². The molecule has 0 radical (unpaired) electrons. The lowest BCUT2D eigenvalue weighted by molar-refractivity contribution is -0.0163. The average Bonchev–Trinajstić information content (AvgIpc) is 2.39. The van der Waals surface area contributed by atoms with E-state index in [0.29, 0.717) is 0 Å². The normalized spacial score (nSPS) is 29.0. The minimum atomic E-state index is -0.682. The van der Waals surface area contributed by atoms with Crippen molar-refractivity contribution in [1.29, 1.82) is 0 Å². The summed E-state index contributed by atoms with van der Waals surface area (Å²) in [4.78, 5) is 0. The molecular weight excluding hydrogens is 212 g/mol. The van der Waals surface area contributed by atoms with Crippen molar-refractivity contribution in [3.63, 3.8) is 0 Å². The molecule has 0 unspecified atom stereocenters. The third kappa shape index (κ3) is 2.47. The van der Waals surface area contributed by atoms with Gasteiger partial charge >= 0.3 is 0 Å². The maximum Gasteiger partial charge on any atom is 0.124 e. The van der Waals surface area contributed by atoms with Crippen LogP contribution in [-0.2, 0) is 5.60 Å². The molecule has 17 heavy (non-hydrogen) atoms. The molecule has 0 bridgehead atoms. The number of ether oxygens (including phenoxy) is 1. The van der Waals surface area contributed by atoms with Crippen LogP contribution in [0.25, 0.3) is 0 Å². The minimum absolute atomic E-state index is 0.682. The first-order chi connectivity index (χ1) is 8.19. The third-order valence-corrected chi connectivity index (χ3v) is 4.12. The summed E-state index contributed by atoms with van der Waals surface area (Å²) in [6.45, 7) is 2.23. The Morgan fingerprint density at radius 3 is 2.53 bits per heavy atom. The molecule has 1 saturated carbocycles. The van der Waals surface area contributed by atoms with Gasteiger partial charge < -0.3 is 9.84 Å². The van der Waals surface area contributed by atoms with Gasteiger partial charge in [0.1, 0.15) is 5.75 Å². The molecule has 0 spiro atoms. The van der Waals surface area contributed by atoms with E-state index >= 15 is 0 Å². The van der Waals surface area contributed by atoms with Gasteiger partial charge in [-0.05, 0) is 37.7 Å². The number of aliphatic hydroxyl groups is 1. The van der Waals surface area contributed by atoms with Crippen LogP contribution in [0.2, 0.25) is 0 Å². The Hall–Kier alpha value is -1.02. The Morgan fingerprint density at radius 2 is 1.94 bits per heavy atom. The highest BCUT2D eigenvalue weighted by atomic mass is 16.5. The van der Waals surface area contributed by atoms with Crippen molar-refractivity contribution < 1.29 is 9.84 Å². The summed E-state index contributed by atoms with van der Waals surface area (Å²) in [7, 11) is 1.67. The minimum Gasteiger partial charge on any atom is -0.496 e. The molecule has 1 aliphatic rings. The number of hydrogen-bond donors (Lipinski definition) is 1. The number of rotatable bonds is 3. The zero-order valence-corrected chi connectivity index (χ0v) is 10.8. The SMILES string of the molecule is CCC1CCC(O)(c2ccccc2OC)CC1. The van der Waals surface area contributed by atoms with Crippen molar-refractivity contribution in [2.75, 3.05) is 7.11 Å². The second-order valence-electron chi connectivity index (χ2n) is 5.08. The second-order valence-corrected chi connectivity index (χ2v) is 5.08. The molecule has 0 saturated heterocycles. The molecule has 0 atom stereocenters. The van der Waals surface area contributed by atoms with E-state index in [1.54, 1.807) is 7.11 Å². The van der Waals surface area contributed by atoms with E-state index in [0.717, 1.165) is 42.9 Å². The lowest BCUT2D eigenvalue weighted by Gasteiger charge is -2.36. The molecule has 1 aromatic rings. The lowest BCUT2D eigenvalue weighted by Crippen LogP contribution is -2.31. The molecule has 2 nitrogen and oxygen atoms in total. The molecule has 2 heteroatoms. The third-order valence-electron chi connectivity index (χ3n) is 4.12. The largest absolute Gasteiger partial charge is 0.496 e. The van der Waals surface area contributed by atoms with Crippen LogP contribution in [0.1, 0.15) is 44.6 Å². The van der Waals surface area contributed by atoms with Crippen LogP contribution < -0.4 is 4.74 Å². The molecule has 0 aliphatic heterocycles. The molecule has 1 aliphatic carbocycles. The van der Waals surface area contributed by atoms with Crippen molar-refractivity contribution >= 4 is 0 Å². The Bertz CT molecular complexity index is 365. The first kappa shape index (κ1) is 12.4. The Labute approximate surface area is 104 Å². The average molecular weight is 234 g/mol. The van der Waals surface area contributed by atoms with Crippen molar-refractivity contribution in [1.82, 2.24) is 0 Å². The maximum absolute atomic E-state index is 10.8. The van der Waals surface area contributed by atoms with Crippen LogP contribution in [0.4, 0.5) is 0 Å². The van der Waals surface area contributed by atoms with E-state index in [2.05, 4.69) is 6.92 Å².